The third-order valence-corrected chi connectivity index (χ3v) is 3.75. The van der Waals surface area contributed by atoms with Crippen molar-refractivity contribution in [1.82, 2.24) is 0 Å². The fraction of sp³-hybridized carbons (Fsp3) is 0.500. The minimum absolute atomic E-state index is 0. The Morgan fingerprint density at radius 3 is 2.09 bits per heavy atom. The van der Waals surface area contributed by atoms with Crippen LogP contribution in [0.5, 0.6) is 0 Å². The first-order valence-electron chi connectivity index (χ1n) is 7.97. The van der Waals surface area contributed by atoms with E-state index < -0.39 is 0 Å². The Balaban J connectivity index is 0.00000484. The van der Waals surface area contributed by atoms with Crippen molar-refractivity contribution in [2.24, 2.45) is 0 Å². The van der Waals surface area contributed by atoms with Crippen molar-refractivity contribution in [3.8, 4) is 0 Å². The highest BCUT2D eigenvalue weighted by Crippen LogP contribution is 2.18. The maximum absolute atomic E-state index is 12.3. The van der Waals surface area contributed by atoms with Crippen LogP contribution in [0.25, 0.3) is 0 Å². The molecule has 0 bridgehead atoms. The molecule has 0 unspecified atom stereocenters. The number of allylic oxidation sites excluding steroid dienone is 4. The van der Waals surface area contributed by atoms with Crippen LogP contribution in [-0.4, -0.2) is 13.1 Å². The number of nitrogens with zero attached hydrogens (tertiary/aromatic N) is 2. The molecule has 0 spiro atoms. The summed E-state index contributed by atoms with van der Waals surface area (Å²) in [5.41, 5.74) is 0.634. The molecule has 23 heavy (non-hydrogen) atoms. The maximum Gasteiger partial charge on any atom is 0.281 e. The molecule has 3 nitrogen and oxygen atoms in total. The van der Waals surface area contributed by atoms with Crippen molar-refractivity contribution in [2.75, 3.05) is 18.0 Å². The van der Waals surface area contributed by atoms with Crippen LogP contribution >= 0.6 is 24.0 Å². The van der Waals surface area contributed by atoms with Gasteiger partial charge in [-0.25, -0.2) is 4.73 Å². The van der Waals surface area contributed by atoms with Crippen LogP contribution < -0.4 is 9.63 Å². The third-order valence-electron chi connectivity index (χ3n) is 3.54. The van der Waals surface area contributed by atoms with Gasteiger partial charge in [-0.05, 0) is 52.5 Å². The number of halogens is 2. The van der Waals surface area contributed by atoms with Crippen LogP contribution in [0.2, 0.25) is 5.02 Å². The number of rotatable bonds is 9. The van der Waals surface area contributed by atoms with E-state index in [0.29, 0.717) is 16.5 Å². The summed E-state index contributed by atoms with van der Waals surface area (Å²) >= 11 is 6.13. The second-order valence-electron chi connectivity index (χ2n) is 5.38. The number of aromatic nitrogens is 1. The van der Waals surface area contributed by atoms with Gasteiger partial charge in [0.05, 0.1) is 18.1 Å². The van der Waals surface area contributed by atoms with E-state index in [9.17, 15) is 5.21 Å². The van der Waals surface area contributed by atoms with Gasteiger partial charge >= 0.3 is 0 Å². The van der Waals surface area contributed by atoms with Crippen molar-refractivity contribution in [3.63, 3.8) is 0 Å². The Hall–Kier alpha value is -1.19. The Bertz CT molecular complexity index is 498. The lowest BCUT2D eigenvalue weighted by molar-refractivity contribution is -0.599. The van der Waals surface area contributed by atoms with Crippen LogP contribution in [0, 0.1) is 12.1 Å². The average molecular weight is 359 g/mol. The number of hydrogen-bond acceptors (Lipinski definition) is 2. The molecule has 0 fully saturated rings. The Morgan fingerprint density at radius 1 is 1.09 bits per heavy atom. The van der Waals surface area contributed by atoms with E-state index in [-0.39, 0.29) is 12.4 Å². The van der Waals surface area contributed by atoms with Crippen molar-refractivity contribution in [3.05, 3.63) is 52.4 Å². The predicted molar refractivity (Wildman–Crippen MR) is 103 cm³/mol. The molecular weight excluding hydrogens is 331 g/mol. The lowest BCUT2D eigenvalue weighted by Crippen LogP contribution is -2.41. The molecule has 0 saturated heterocycles. The van der Waals surface area contributed by atoms with E-state index in [1.54, 1.807) is 19.1 Å². The highest BCUT2D eigenvalue weighted by molar-refractivity contribution is 6.30. The van der Waals surface area contributed by atoms with Crippen molar-refractivity contribution in [1.29, 1.82) is 0 Å². The Morgan fingerprint density at radius 2 is 1.61 bits per heavy atom. The van der Waals surface area contributed by atoms with E-state index in [4.69, 9.17) is 11.6 Å². The minimum Gasteiger partial charge on any atom is -0.710 e. The van der Waals surface area contributed by atoms with E-state index in [1.165, 1.54) is 0 Å². The first-order valence-corrected chi connectivity index (χ1v) is 8.35. The molecule has 5 heteroatoms. The largest absolute Gasteiger partial charge is 0.710 e. The summed E-state index contributed by atoms with van der Waals surface area (Å²) in [6.07, 6.45) is 12.6. The zero-order chi connectivity index (χ0) is 16.4. The molecule has 1 aromatic heterocycles. The van der Waals surface area contributed by atoms with E-state index in [0.717, 1.165) is 43.5 Å². The lowest BCUT2D eigenvalue weighted by atomic mass is 10.2. The Labute approximate surface area is 151 Å². The second kappa shape index (κ2) is 12.3. The molecule has 0 aliphatic carbocycles. The number of pyridine rings is 1. The first kappa shape index (κ1) is 21.8. The second-order valence-corrected chi connectivity index (χ2v) is 5.81. The number of anilines is 1. The van der Waals surface area contributed by atoms with Crippen molar-refractivity contribution >= 4 is 29.8 Å². The van der Waals surface area contributed by atoms with Gasteiger partial charge in [0.15, 0.2) is 0 Å². The molecule has 0 aromatic carbocycles. The molecule has 0 N–H and O–H groups in total. The number of unbranched alkanes of at least 4 members (excludes halogenated alkanes) is 2. The van der Waals surface area contributed by atoms with Gasteiger partial charge in [0, 0.05) is 6.07 Å². The van der Waals surface area contributed by atoms with Crippen LogP contribution in [0.4, 0.5) is 5.82 Å². The van der Waals surface area contributed by atoms with Gasteiger partial charge in [-0.15, -0.1) is 12.4 Å². The molecule has 0 amide bonds. The van der Waals surface area contributed by atoms with E-state index in [1.807, 2.05) is 13.8 Å². The third kappa shape index (κ3) is 7.76. The quantitative estimate of drug-likeness (QED) is 0.262. The molecule has 0 aliphatic heterocycles. The van der Waals surface area contributed by atoms with Crippen LogP contribution in [0.15, 0.2) is 36.4 Å². The summed E-state index contributed by atoms with van der Waals surface area (Å²) in [4.78, 5) is 2.15. The fourth-order valence-electron chi connectivity index (χ4n) is 2.36. The first-order chi connectivity index (χ1) is 10.6. The molecule has 0 atom stereocenters. The predicted octanol–water partition coefficient (Wildman–Crippen LogP) is 5.22. The standard InChI is InChI=1S/C18H27ClN2O.ClH/c1-4-6-8-10-12-20(13-11-9-7-5-2)18-15-17(19)14-16(3)21(18)22;/h4-7,14-15H,8-13H2,1-3H3;1H/b6-4+,7-5+;. The van der Waals surface area contributed by atoms with Gasteiger partial charge in [0.1, 0.15) is 5.69 Å². The summed E-state index contributed by atoms with van der Waals surface area (Å²) < 4.78 is 0.983. The molecule has 1 rings (SSSR count). The normalized spacial score (nSPS) is 11.1. The molecule has 1 aromatic rings. The smallest absolute Gasteiger partial charge is 0.281 e. The molecule has 0 aliphatic rings. The molecule has 0 saturated carbocycles. The minimum atomic E-state index is 0. The van der Waals surface area contributed by atoms with E-state index in [2.05, 4.69) is 29.2 Å². The molecule has 130 valence electrons. The molecule has 1 heterocycles. The summed E-state index contributed by atoms with van der Waals surface area (Å²) in [6.45, 7) is 7.58. The summed E-state index contributed by atoms with van der Waals surface area (Å²) in [7, 11) is 0. The number of aryl methyl sites for hydroxylation is 1. The monoisotopic (exact) mass is 358 g/mol. The van der Waals surface area contributed by atoms with Gasteiger partial charge < -0.3 is 5.21 Å². The maximum atomic E-state index is 12.3. The van der Waals surface area contributed by atoms with Crippen molar-refractivity contribution < 1.29 is 4.73 Å². The van der Waals surface area contributed by atoms with Crippen LogP contribution in [0.1, 0.15) is 45.2 Å². The van der Waals surface area contributed by atoms with Gasteiger partial charge in [0.2, 0.25) is 0 Å². The zero-order valence-electron chi connectivity index (χ0n) is 14.3. The van der Waals surface area contributed by atoms with Gasteiger partial charge in [-0.1, -0.05) is 35.9 Å². The highest BCUT2D eigenvalue weighted by Gasteiger charge is 2.18. The van der Waals surface area contributed by atoms with Gasteiger partial charge in [-0.2, -0.15) is 0 Å². The Kier molecular flexibility index (Phi) is 11.6. The summed E-state index contributed by atoms with van der Waals surface area (Å²) in [5.74, 6) is 0.658. The van der Waals surface area contributed by atoms with Crippen LogP contribution in [0.3, 0.4) is 0 Å². The molecule has 0 radical (unpaired) electrons. The average Bonchev–Trinajstić information content (AvgIpc) is 2.49. The summed E-state index contributed by atoms with van der Waals surface area (Å²) in [6, 6.07) is 3.47. The number of hydrogen-bond donors (Lipinski definition) is 0. The van der Waals surface area contributed by atoms with Gasteiger partial charge in [0.25, 0.3) is 5.82 Å². The van der Waals surface area contributed by atoms with Crippen molar-refractivity contribution in [2.45, 2.75) is 46.5 Å². The SMILES string of the molecule is C/C=C/CCCN(CCC/C=C/C)c1cc(Cl)cc(C)[n+]1[O-].Cl. The molecular formula is C18H28Cl2N2O. The van der Waals surface area contributed by atoms with E-state index >= 15 is 0 Å². The lowest BCUT2D eigenvalue weighted by Gasteiger charge is -2.22. The van der Waals surface area contributed by atoms with Crippen LogP contribution in [-0.2, 0) is 0 Å². The van der Waals surface area contributed by atoms with Gasteiger partial charge in [-0.3, -0.25) is 4.90 Å². The zero-order valence-corrected chi connectivity index (χ0v) is 15.9. The highest BCUT2D eigenvalue weighted by atomic mass is 35.5. The summed E-state index contributed by atoms with van der Waals surface area (Å²) in [5, 5.41) is 12.9. The fourth-order valence-corrected chi connectivity index (χ4v) is 2.61. The topological polar surface area (TPSA) is 30.2 Å².